The summed E-state index contributed by atoms with van der Waals surface area (Å²) < 4.78 is 0. The van der Waals surface area contributed by atoms with Crippen LogP contribution in [0.2, 0.25) is 0 Å². The summed E-state index contributed by atoms with van der Waals surface area (Å²) in [6.07, 6.45) is 1.74. The van der Waals surface area contributed by atoms with Crippen molar-refractivity contribution >= 4 is 11.3 Å². The molecule has 0 N–H and O–H groups in total. The van der Waals surface area contributed by atoms with Gasteiger partial charge in [0.1, 0.15) is 0 Å². The molecule has 1 rings (SSSR count). The molecule has 0 aliphatic rings. The minimum Gasteiger partial charge on any atom is -0.347 e. The Morgan fingerprint density at radius 3 is 2.57 bits per heavy atom. The number of nitrogens with zero attached hydrogens (tertiary/aromatic N) is 1. The standard InChI is InChI=1S/C4H4NS.Co/c1-4-5-2-3-6-4;/h2-3H,1H2;/q-1;. The van der Waals surface area contributed by atoms with Crippen molar-refractivity contribution in [2.75, 3.05) is 0 Å². The molecule has 0 aliphatic heterocycles. The van der Waals surface area contributed by atoms with Crippen molar-refractivity contribution in [1.82, 2.24) is 4.98 Å². The normalized spacial score (nSPS) is 7.43. The number of hydrogen-bond acceptors (Lipinski definition) is 2. The smallest absolute Gasteiger partial charge is 0.0348 e. The minimum absolute atomic E-state index is 0. The minimum atomic E-state index is 0. The van der Waals surface area contributed by atoms with E-state index >= 15 is 0 Å². The van der Waals surface area contributed by atoms with Crippen LogP contribution in [0.1, 0.15) is 5.01 Å². The summed E-state index contributed by atoms with van der Waals surface area (Å²) in [5.41, 5.74) is 0. The zero-order valence-electron chi connectivity index (χ0n) is 3.55. The van der Waals surface area contributed by atoms with Crippen LogP contribution in [0, 0.1) is 6.92 Å². The number of rotatable bonds is 0. The van der Waals surface area contributed by atoms with E-state index in [1.54, 1.807) is 17.5 Å². The van der Waals surface area contributed by atoms with Crippen molar-refractivity contribution in [3.8, 4) is 0 Å². The molecule has 7 heavy (non-hydrogen) atoms. The van der Waals surface area contributed by atoms with Crippen molar-refractivity contribution in [3.63, 3.8) is 0 Å². The van der Waals surface area contributed by atoms with E-state index in [0.29, 0.717) is 0 Å². The Morgan fingerprint density at radius 2 is 2.43 bits per heavy atom. The maximum atomic E-state index is 3.82. The van der Waals surface area contributed by atoms with Crippen LogP contribution < -0.4 is 0 Å². The van der Waals surface area contributed by atoms with Gasteiger partial charge < -0.3 is 6.92 Å². The van der Waals surface area contributed by atoms with Crippen LogP contribution in [0.25, 0.3) is 0 Å². The molecule has 0 saturated heterocycles. The van der Waals surface area contributed by atoms with E-state index in [1.807, 2.05) is 5.38 Å². The molecule has 1 nitrogen and oxygen atoms in total. The number of thiazole rings is 1. The topological polar surface area (TPSA) is 12.9 Å². The van der Waals surface area contributed by atoms with Gasteiger partial charge in [0.15, 0.2) is 0 Å². The molecule has 0 saturated carbocycles. The maximum absolute atomic E-state index is 3.82. The summed E-state index contributed by atoms with van der Waals surface area (Å²) in [5, 5.41) is 2.79. The molecule has 1 aromatic rings. The van der Waals surface area contributed by atoms with Gasteiger partial charge in [0.25, 0.3) is 0 Å². The van der Waals surface area contributed by atoms with Crippen LogP contribution in [-0.4, -0.2) is 4.98 Å². The average molecular weight is 157 g/mol. The number of aromatic nitrogens is 1. The molecule has 0 spiro atoms. The molecule has 0 aliphatic carbocycles. The van der Waals surface area contributed by atoms with Crippen LogP contribution in [0.5, 0.6) is 0 Å². The summed E-state index contributed by atoms with van der Waals surface area (Å²) in [6.45, 7) is 3.59. The predicted molar refractivity (Wildman–Crippen MR) is 26.6 cm³/mol. The van der Waals surface area contributed by atoms with E-state index in [4.69, 9.17) is 0 Å². The third-order valence-corrected chi connectivity index (χ3v) is 1.12. The first-order valence-electron chi connectivity index (χ1n) is 1.61. The van der Waals surface area contributed by atoms with E-state index < -0.39 is 0 Å². The second kappa shape index (κ2) is 3.07. The first-order chi connectivity index (χ1) is 2.89. The van der Waals surface area contributed by atoms with E-state index in [-0.39, 0.29) is 16.8 Å². The zero-order chi connectivity index (χ0) is 4.41. The zero-order valence-corrected chi connectivity index (χ0v) is 5.41. The van der Waals surface area contributed by atoms with Gasteiger partial charge >= 0.3 is 0 Å². The molecule has 0 amide bonds. The van der Waals surface area contributed by atoms with Crippen LogP contribution in [0.4, 0.5) is 0 Å². The van der Waals surface area contributed by atoms with Gasteiger partial charge in [-0.3, -0.25) is 4.98 Å². The molecule has 0 bridgehead atoms. The van der Waals surface area contributed by atoms with Gasteiger partial charge in [0, 0.05) is 28.4 Å². The second-order valence-corrected chi connectivity index (χ2v) is 1.90. The van der Waals surface area contributed by atoms with E-state index in [9.17, 15) is 0 Å². The van der Waals surface area contributed by atoms with Crippen molar-refractivity contribution in [2.45, 2.75) is 0 Å². The molecule has 1 radical (unpaired) electrons. The van der Waals surface area contributed by atoms with E-state index in [0.717, 1.165) is 5.01 Å². The molecule has 0 atom stereocenters. The van der Waals surface area contributed by atoms with Crippen molar-refractivity contribution in [2.24, 2.45) is 0 Å². The molecule has 1 aromatic heterocycles. The second-order valence-electron chi connectivity index (χ2n) is 0.926. The third-order valence-electron chi connectivity index (χ3n) is 0.483. The van der Waals surface area contributed by atoms with Crippen molar-refractivity contribution < 1.29 is 16.8 Å². The van der Waals surface area contributed by atoms with Crippen LogP contribution in [-0.2, 0) is 16.8 Å². The Kier molecular flexibility index (Phi) is 3.07. The van der Waals surface area contributed by atoms with Gasteiger partial charge in [-0.25, -0.2) is 0 Å². The predicted octanol–water partition coefficient (Wildman–Crippen LogP) is 1.32. The molecule has 41 valence electrons. The van der Waals surface area contributed by atoms with Crippen LogP contribution in [0.3, 0.4) is 0 Å². The quantitative estimate of drug-likeness (QED) is 0.517. The Hall–Kier alpha value is 0.00649. The maximum Gasteiger partial charge on any atom is 0.0348 e. The van der Waals surface area contributed by atoms with Crippen LogP contribution in [0.15, 0.2) is 11.6 Å². The summed E-state index contributed by atoms with van der Waals surface area (Å²) in [6, 6.07) is 0. The summed E-state index contributed by atoms with van der Waals surface area (Å²) >= 11 is 1.56. The van der Waals surface area contributed by atoms with Gasteiger partial charge in [-0.05, 0) is 5.01 Å². The summed E-state index contributed by atoms with van der Waals surface area (Å²) in [7, 11) is 0. The number of hydrogen-bond donors (Lipinski definition) is 0. The van der Waals surface area contributed by atoms with Gasteiger partial charge in [-0.15, -0.1) is 0 Å². The van der Waals surface area contributed by atoms with Gasteiger partial charge in [0.05, 0.1) is 0 Å². The average Bonchev–Trinajstić information content (AvgIpc) is 1.86. The Bertz CT molecular complexity index is 115. The Balaban J connectivity index is 0.000000360. The SMILES string of the molecule is [CH2-]c1nccs1.[Co]. The monoisotopic (exact) mass is 157 g/mol. The molecule has 0 fully saturated rings. The Morgan fingerprint density at radius 1 is 1.71 bits per heavy atom. The summed E-state index contributed by atoms with van der Waals surface area (Å²) in [4.78, 5) is 3.82. The van der Waals surface area contributed by atoms with Crippen LogP contribution >= 0.6 is 11.3 Å². The van der Waals surface area contributed by atoms with E-state index in [2.05, 4.69) is 11.9 Å². The fraction of sp³-hybridized carbons (Fsp3) is 0. The van der Waals surface area contributed by atoms with Crippen molar-refractivity contribution in [3.05, 3.63) is 23.5 Å². The first-order valence-corrected chi connectivity index (χ1v) is 2.49. The Labute approximate surface area is 57.0 Å². The fourth-order valence-electron chi connectivity index (χ4n) is 0.253. The molecular weight excluding hydrogens is 153 g/mol. The molecule has 0 aromatic carbocycles. The molecule has 3 heteroatoms. The summed E-state index contributed by atoms with van der Waals surface area (Å²) in [5.74, 6) is 0. The first kappa shape index (κ1) is 7.01. The third kappa shape index (κ3) is 1.96. The fourth-order valence-corrected chi connectivity index (χ4v) is 0.653. The van der Waals surface area contributed by atoms with E-state index in [1.165, 1.54) is 0 Å². The molecule has 1 heterocycles. The molecular formula is C4H4CoNS-. The van der Waals surface area contributed by atoms with Gasteiger partial charge in [-0.1, -0.05) is 0 Å². The van der Waals surface area contributed by atoms with Crippen molar-refractivity contribution in [1.29, 1.82) is 0 Å². The molecule has 0 unspecified atom stereocenters. The van der Waals surface area contributed by atoms with Gasteiger partial charge in [-0.2, -0.15) is 11.3 Å². The largest absolute Gasteiger partial charge is 0.347 e. The van der Waals surface area contributed by atoms with Gasteiger partial charge in [0.2, 0.25) is 0 Å².